The van der Waals surface area contributed by atoms with Gasteiger partial charge in [-0.15, -0.1) is 0 Å². The molecule has 29 heavy (non-hydrogen) atoms. The molecule has 0 aromatic rings. The number of carbonyl (C=O) groups is 2. The van der Waals surface area contributed by atoms with E-state index in [0.29, 0.717) is 12.3 Å². The number of esters is 1. The molecule has 172 valence electrons. The van der Waals surface area contributed by atoms with E-state index in [4.69, 9.17) is 0 Å². The molecule has 0 aliphatic rings. The fourth-order valence-electron chi connectivity index (χ4n) is 4.01. The molecule has 0 aliphatic carbocycles. The summed E-state index contributed by atoms with van der Waals surface area (Å²) in [5.41, 5.74) is 0. The fraction of sp³-hybridized carbons (Fsp3) is 0.923. The van der Waals surface area contributed by atoms with E-state index >= 15 is 0 Å². The van der Waals surface area contributed by atoms with Gasteiger partial charge in [0.2, 0.25) is 0 Å². The molecule has 0 saturated carbocycles. The summed E-state index contributed by atoms with van der Waals surface area (Å²) < 4.78 is 4.54. The van der Waals surface area contributed by atoms with Crippen LogP contribution in [-0.4, -0.2) is 18.9 Å². The average molecular weight is 411 g/mol. The molecule has 0 heterocycles. The molecule has 0 amide bonds. The second-order valence-corrected chi connectivity index (χ2v) is 9.05. The maximum atomic E-state index is 11.7. The van der Waals surface area contributed by atoms with Gasteiger partial charge in [0.25, 0.3) is 0 Å². The zero-order valence-corrected chi connectivity index (χ0v) is 19.9. The highest BCUT2D eigenvalue weighted by Crippen LogP contribution is 2.17. The zero-order valence-electron chi connectivity index (χ0n) is 19.9. The molecule has 1 atom stereocenters. The van der Waals surface area contributed by atoms with Crippen molar-refractivity contribution >= 4 is 11.8 Å². The van der Waals surface area contributed by atoms with E-state index < -0.39 is 5.97 Å². The normalized spacial score (nSPS) is 12.1. The zero-order chi connectivity index (χ0) is 21.6. The summed E-state index contributed by atoms with van der Waals surface area (Å²) >= 11 is 0. The fourth-order valence-corrected chi connectivity index (χ4v) is 4.01. The van der Waals surface area contributed by atoms with E-state index in [9.17, 15) is 9.59 Å². The van der Waals surface area contributed by atoms with E-state index in [2.05, 4.69) is 18.6 Å². The number of rotatable bonds is 22. The number of ketones is 1. The minimum absolute atomic E-state index is 0.0105. The number of unbranched alkanes of at least 4 members (excludes halogenated alkanes) is 16. The van der Waals surface area contributed by atoms with Crippen molar-refractivity contribution in [2.24, 2.45) is 5.92 Å². The molecular weight excluding hydrogens is 360 g/mol. The Balaban J connectivity index is 3.23. The van der Waals surface area contributed by atoms with E-state index in [1.807, 2.05) is 0 Å². The van der Waals surface area contributed by atoms with E-state index in [0.717, 1.165) is 6.42 Å². The molecular formula is C26H50O3. The molecule has 0 aromatic carbocycles. The van der Waals surface area contributed by atoms with Crippen LogP contribution in [0.5, 0.6) is 0 Å². The predicted octanol–water partition coefficient (Wildman–Crippen LogP) is 8.19. The first-order chi connectivity index (χ1) is 14.1. The number of ether oxygens (including phenoxy) is 1. The van der Waals surface area contributed by atoms with Crippen molar-refractivity contribution in [3.63, 3.8) is 0 Å². The summed E-state index contributed by atoms with van der Waals surface area (Å²) in [4.78, 5) is 22.8. The smallest absolute Gasteiger partial charge is 0.313 e. The van der Waals surface area contributed by atoms with E-state index in [-0.39, 0.29) is 12.2 Å². The Bertz CT molecular complexity index is 378. The van der Waals surface area contributed by atoms with Gasteiger partial charge in [0.05, 0.1) is 7.11 Å². The second-order valence-electron chi connectivity index (χ2n) is 9.05. The van der Waals surface area contributed by atoms with Gasteiger partial charge in [0.15, 0.2) is 0 Å². The Hall–Kier alpha value is -0.860. The van der Waals surface area contributed by atoms with Crippen LogP contribution in [0.4, 0.5) is 0 Å². The van der Waals surface area contributed by atoms with Gasteiger partial charge in [0, 0.05) is 6.42 Å². The van der Waals surface area contributed by atoms with Crippen LogP contribution >= 0.6 is 0 Å². The van der Waals surface area contributed by atoms with Crippen LogP contribution in [0.15, 0.2) is 0 Å². The number of Topliss-reactive ketones (excluding diaryl/α,β-unsaturated/α-hetero) is 1. The maximum absolute atomic E-state index is 11.7. The monoisotopic (exact) mass is 410 g/mol. The van der Waals surface area contributed by atoms with Crippen molar-refractivity contribution in [1.82, 2.24) is 0 Å². The second kappa shape index (κ2) is 21.8. The Kier molecular flexibility index (Phi) is 21.2. The standard InChI is InChI=1S/C26H50O3/c1-4-5-6-7-8-9-10-11-12-13-14-15-16-17-18-19-20-21-24(2)22-25(27)23-26(28)29-3/h24H,4-23H2,1-3H3/t24-/m1/s1. The molecule has 0 radical (unpaired) electrons. The quantitative estimate of drug-likeness (QED) is 0.103. The van der Waals surface area contributed by atoms with Crippen LogP contribution < -0.4 is 0 Å². The Morgan fingerprint density at radius 2 is 1.03 bits per heavy atom. The van der Waals surface area contributed by atoms with E-state index in [1.165, 1.54) is 116 Å². The van der Waals surface area contributed by atoms with Crippen molar-refractivity contribution < 1.29 is 14.3 Å². The molecule has 0 bridgehead atoms. The van der Waals surface area contributed by atoms with Crippen molar-refractivity contribution in [2.45, 2.75) is 142 Å². The molecule has 0 rings (SSSR count). The summed E-state index contributed by atoms with van der Waals surface area (Å²) in [5, 5.41) is 0. The lowest BCUT2D eigenvalue weighted by atomic mass is 9.96. The Morgan fingerprint density at radius 3 is 1.41 bits per heavy atom. The first kappa shape index (κ1) is 28.1. The minimum Gasteiger partial charge on any atom is -0.469 e. The highest BCUT2D eigenvalue weighted by molar-refractivity contribution is 5.95. The highest BCUT2D eigenvalue weighted by atomic mass is 16.5. The third-order valence-corrected chi connectivity index (χ3v) is 5.95. The summed E-state index contributed by atoms with van der Waals surface area (Å²) in [5.74, 6) is -0.0279. The maximum Gasteiger partial charge on any atom is 0.313 e. The molecule has 0 spiro atoms. The topological polar surface area (TPSA) is 43.4 Å². The van der Waals surface area contributed by atoms with Gasteiger partial charge < -0.3 is 4.74 Å². The summed E-state index contributed by atoms with van der Waals surface area (Å²) in [6.45, 7) is 4.39. The molecule has 0 fully saturated rings. The number of hydrogen-bond acceptors (Lipinski definition) is 3. The third kappa shape index (κ3) is 21.7. The summed E-state index contributed by atoms with van der Waals surface area (Å²) in [6.07, 6.45) is 25.1. The van der Waals surface area contributed by atoms with Gasteiger partial charge in [0.1, 0.15) is 12.2 Å². The number of hydrogen-bond donors (Lipinski definition) is 0. The predicted molar refractivity (Wildman–Crippen MR) is 124 cm³/mol. The van der Waals surface area contributed by atoms with Crippen molar-refractivity contribution in [3.05, 3.63) is 0 Å². The average Bonchev–Trinajstić information content (AvgIpc) is 2.70. The third-order valence-electron chi connectivity index (χ3n) is 5.95. The lowest BCUT2D eigenvalue weighted by Gasteiger charge is -2.10. The van der Waals surface area contributed by atoms with Crippen LogP contribution in [0.25, 0.3) is 0 Å². The van der Waals surface area contributed by atoms with Crippen molar-refractivity contribution in [3.8, 4) is 0 Å². The van der Waals surface area contributed by atoms with Crippen LogP contribution in [0.1, 0.15) is 142 Å². The van der Waals surface area contributed by atoms with Crippen LogP contribution in [-0.2, 0) is 14.3 Å². The first-order valence-corrected chi connectivity index (χ1v) is 12.7. The molecule has 3 heteroatoms. The molecule has 0 aliphatic heterocycles. The van der Waals surface area contributed by atoms with Gasteiger partial charge in [-0.3, -0.25) is 9.59 Å². The first-order valence-electron chi connectivity index (χ1n) is 12.7. The molecule has 0 saturated heterocycles. The lowest BCUT2D eigenvalue weighted by molar-refractivity contribution is -0.143. The van der Waals surface area contributed by atoms with Crippen molar-refractivity contribution in [1.29, 1.82) is 0 Å². The molecule has 3 nitrogen and oxygen atoms in total. The van der Waals surface area contributed by atoms with Crippen LogP contribution in [0.2, 0.25) is 0 Å². The minimum atomic E-state index is -0.417. The molecule has 0 aromatic heterocycles. The van der Waals surface area contributed by atoms with Gasteiger partial charge in [-0.25, -0.2) is 0 Å². The molecule has 0 unspecified atom stereocenters. The molecule has 0 N–H and O–H groups in total. The largest absolute Gasteiger partial charge is 0.469 e. The van der Waals surface area contributed by atoms with Gasteiger partial charge >= 0.3 is 5.97 Å². The van der Waals surface area contributed by atoms with Crippen LogP contribution in [0, 0.1) is 5.92 Å². The van der Waals surface area contributed by atoms with Gasteiger partial charge in [-0.1, -0.05) is 129 Å². The van der Waals surface area contributed by atoms with Gasteiger partial charge in [-0.2, -0.15) is 0 Å². The van der Waals surface area contributed by atoms with Crippen molar-refractivity contribution in [2.75, 3.05) is 7.11 Å². The Labute approximate surface area is 181 Å². The number of methoxy groups -OCH3 is 1. The summed E-state index contributed by atoms with van der Waals surface area (Å²) in [6, 6.07) is 0. The van der Waals surface area contributed by atoms with E-state index in [1.54, 1.807) is 0 Å². The lowest BCUT2D eigenvalue weighted by Crippen LogP contribution is -2.12. The summed E-state index contributed by atoms with van der Waals surface area (Å²) in [7, 11) is 1.33. The van der Waals surface area contributed by atoms with Crippen LogP contribution in [0.3, 0.4) is 0 Å². The number of carbonyl (C=O) groups excluding carboxylic acids is 2. The SMILES string of the molecule is CCCCCCCCCCCCCCCCCCC[C@@H](C)CC(=O)CC(=O)OC. The highest BCUT2D eigenvalue weighted by Gasteiger charge is 2.13. The Morgan fingerprint density at radius 1 is 0.655 bits per heavy atom. The van der Waals surface area contributed by atoms with Gasteiger partial charge in [-0.05, 0) is 5.92 Å².